The van der Waals surface area contributed by atoms with E-state index in [1.807, 2.05) is 54.9 Å². The number of hydrogen-bond donors (Lipinski definition) is 0. The number of halogens is 2. The number of aliphatic imine (C=N–C) groups is 2. The zero-order valence-electron chi connectivity index (χ0n) is 27.4. The number of hydrogen-bond acceptors (Lipinski definition) is 6. The minimum absolute atomic E-state index is 0. The number of anilines is 2. The Morgan fingerprint density at radius 1 is 0.574 bits per heavy atom. The molecule has 7 nitrogen and oxygen atoms in total. The maximum absolute atomic E-state index is 4.73. The molecule has 240 valence electrons. The van der Waals surface area contributed by atoms with Crippen LogP contribution in [0.1, 0.15) is 38.8 Å². The predicted octanol–water partition coefficient (Wildman–Crippen LogP) is 9.29. The molecule has 0 spiro atoms. The van der Waals surface area contributed by atoms with Crippen molar-refractivity contribution in [1.29, 1.82) is 0 Å². The Morgan fingerprint density at radius 2 is 1.04 bits per heavy atom. The average molecular weight is 665 g/mol. The summed E-state index contributed by atoms with van der Waals surface area (Å²) in [5.41, 5.74) is 11.6. The highest BCUT2D eigenvalue weighted by atomic mass is 35.5. The Morgan fingerprint density at radius 3 is 1.57 bits per heavy atom. The zero-order valence-corrected chi connectivity index (χ0v) is 29.0. The fourth-order valence-corrected chi connectivity index (χ4v) is 6.76. The Bertz CT molecular complexity index is 2050. The summed E-state index contributed by atoms with van der Waals surface area (Å²) in [5.74, 6) is 0. The molecule has 0 N–H and O–H groups in total. The molecule has 2 aliphatic rings. The average Bonchev–Trinajstić information content (AvgIpc) is 3.61. The molecular formula is C38H39Cl2N7. The smallest absolute Gasteiger partial charge is 0.115 e. The van der Waals surface area contributed by atoms with E-state index < -0.39 is 0 Å². The lowest BCUT2D eigenvalue weighted by Crippen LogP contribution is -2.23. The fraction of sp³-hybridized carbons (Fsp3) is 0.211. The number of benzene rings is 4. The van der Waals surface area contributed by atoms with E-state index in [1.54, 1.807) is 4.80 Å². The van der Waals surface area contributed by atoms with Crippen LogP contribution in [0.15, 0.2) is 125 Å². The van der Waals surface area contributed by atoms with E-state index in [0.29, 0.717) is 0 Å². The summed E-state index contributed by atoms with van der Waals surface area (Å²) in [5, 5.41) is 9.42. The molecule has 47 heavy (non-hydrogen) atoms. The summed E-state index contributed by atoms with van der Waals surface area (Å²) < 4.78 is 0. The highest BCUT2D eigenvalue weighted by Crippen LogP contribution is 2.47. The van der Waals surface area contributed by atoms with Crippen LogP contribution in [0, 0.1) is 0 Å². The Kier molecular flexibility index (Phi) is 9.18. The van der Waals surface area contributed by atoms with Crippen LogP contribution in [0.25, 0.3) is 16.7 Å². The number of allylic oxidation sites excluding steroid dienone is 4. The van der Waals surface area contributed by atoms with Crippen molar-refractivity contribution in [1.82, 2.24) is 15.0 Å². The topological polar surface area (TPSA) is 61.9 Å². The molecule has 0 atom stereocenters. The molecule has 4 aromatic carbocycles. The van der Waals surface area contributed by atoms with Crippen LogP contribution in [-0.2, 0) is 10.8 Å². The van der Waals surface area contributed by atoms with Gasteiger partial charge in [0.25, 0.3) is 0 Å². The fourth-order valence-electron chi connectivity index (χ4n) is 6.76. The maximum Gasteiger partial charge on any atom is 0.115 e. The molecule has 9 heteroatoms. The largest absolute Gasteiger partial charge is 0.347 e. The third kappa shape index (κ3) is 5.86. The van der Waals surface area contributed by atoms with Crippen molar-refractivity contribution >= 4 is 71.0 Å². The number of aromatic nitrogens is 3. The van der Waals surface area contributed by atoms with Crippen molar-refractivity contribution < 1.29 is 0 Å². The second-order valence-electron chi connectivity index (χ2n) is 12.7. The molecule has 2 aliphatic heterocycles. The molecule has 7 rings (SSSR count). The summed E-state index contributed by atoms with van der Waals surface area (Å²) in [7, 11) is 4.23. The van der Waals surface area contributed by atoms with Gasteiger partial charge in [-0.05, 0) is 77.9 Å². The molecule has 0 saturated heterocycles. The molecule has 0 radical (unpaired) electrons. The second-order valence-corrected chi connectivity index (χ2v) is 12.7. The minimum atomic E-state index is -0.0850. The third-order valence-electron chi connectivity index (χ3n) is 9.24. The maximum atomic E-state index is 4.73. The molecule has 0 aliphatic carbocycles. The summed E-state index contributed by atoms with van der Waals surface area (Å²) in [6, 6.07) is 31.0. The van der Waals surface area contributed by atoms with Gasteiger partial charge in [-0.1, -0.05) is 64.1 Å². The number of fused-ring (bicyclic) bond motifs is 3. The molecule has 3 heterocycles. The van der Waals surface area contributed by atoms with E-state index in [-0.39, 0.29) is 35.6 Å². The molecule has 0 amide bonds. The molecule has 1 aromatic heterocycles. The van der Waals surface area contributed by atoms with Crippen molar-refractivity contribution in [3.8, 4) is 5.69 Å². The molecule has 0 saturated carbocycles. The highest BCUT2D eigenvalue weighted by molar-refractivity contribution is 5.86. The van der Waals surface area contributed by atoms with Gasteiger partial charge in [-0.25, -0.2) is 0 Å². The lowest BCUT2D eigenvalue weighted by atomic mass is 9.84. The highest BCUT2D eigenvalue weighted by Gasteiger charge is 2.38. The number of para-hydroxylation sites is 2. The van der Waals surface area contributed by atoms with Gasteiger partial charge in [0.15, 0.2) is 0 Å². The lowest BCUT2D eigenvalue weighted by Gasteiger charge is -2.23. The van der Waals surface area contributed by atoms with Crippen molar-refractivity contribution in [2.24, 2.45) is 9.98 Å². The molecular weight excluding hydrogens is 625 g/mol. The minimum Gasteiger partial charge on any atom is -0.347 e. The third-order valence-corrected chi connectivity index (χ3v) is 9.24. The van der Waals surface area contributed by atoms with Gasteiger partial charge in [0.2, 0.25) is 0 Å². The summed E-state index contributed by atoms with van der Waals surface area (Å²) in [4.78, 5) is 15.6. The molecule has 0 fully saturated rings. The standard InChI is InChI=1S/C38H37N7.2ClH/c1-37(2)29-11-7-9-13-33(29)43(5)35(37)21-23-39-26-15-18-28(19-16-26)45-41-31-20-17-27(25-32(31)42-45)40-24-22-36-38(3,4)30-12-8-10-14-34(30)44(36)6;;/h7-25H,1-6H3;2*1H/b35-21-,36-22-,39-23?,40-24?;;. The zero-order chi connectivity index (χ0) is 31.3. The van der Waals surface area contributed by atoms with Crippen LogP contribution in [-0.4, -0.2) is 41.5 Å². The van der Waals surface area contributed by atoms with Crippen molar-refractivity contribution in [2.45, 2.75) is 38.5 Å². The van der Waals surface area contributed by atoms with Gasteiger partial charge in [-0.2, -0.15) is 4.80 Å². The van der Waals surface area contributed by atoms with Crippen molar-refractivity contribution in [3.63, 3.8) is 0 Å². The number of likely N-dealkylation sites (N-methyl/N-ethyl adjacent to an activating group) is 2. The van der Waals surface area contributed by atoms with Crippen LogP contribution >= 0.6 is 24.8 Å². The van der Waals surface area contributed by atoms with E-state index in [2.05, 4.69) is 117 Å². The van der Waals surface area contributed by atoms with E-state index in [1.165, 1.54) is 33.9 Å². The Hall–Kier alpha value is -4.72. The quantitative estimate of drug-likeness (QED) is 0.176. The van der Waals surface area contributed by atoms with Gasteiger partial charge < -0.3 is 9.80 Å². The van der Waals surface area contributed by atoms with Crippen molar-refractivity contribution in [3.05, 3.63) is 126 Å². The first kappa shape index (κ1) is 33.6. The predicted molar refractivity (Wildman–Crippen MR) is 202 cm³/mol. The van der Waals surface area contributed by atoms with Crippen molar-refractivity contribution in [2.75, 3.05) is 23.9 Å². The normalized spacial score (nSPS) is 17.8. The van der Waals surface area contributed by atoms with Gasteiger partial charge in [-0.3, -0.25) is 9.98 Å². The summed E-state index contributed by atoms with van der Waals surface area (Å²) in [6.07, 6.45) is 7.98. The number of nitrogens with zero attached hydrogens (tertiary/aromatic N) is 7. The first-order chi connectivity index (χ1) is 21.6. The first-order valence-corrected chi connectivity index (χ1v) is 15.3. The van der Waals surface area contributed by atoms with E-state index in [4.69, 9.17) is 15.1 Å². The van der Waals surface area contributed by atoms with E-state index in [9.17, 15) is 0 Å². The van der Waals surface area contributed by atoms with Crippen LogP contribution in [0.3, 0.4) is 0 Å². The van der Waals surface area contributed by atoms with E-state index in [0.717, 1.165) is 28.1 Å². The van der Waals surface area contributed by atoms with E-state index >= 15 is 0 Å². The van der Waals surface area contributed by atoms with Gasteiger partial charge in [0.1, 0.15) is 11.0 Å². The first-order valence-electron chi connectivity index (χ1n) is 15.3. The van der Waals surface area contributed by atoms with Crippen LogP contribution in [0.4, 0.5) is 22.7 Å². The van der Waals surface area contributed by atoms with Crippen LogP contribution in [0.2, 0.25) is 0 Å². The molecule has 0 unspecified atom stereocenters. The van der Waals surface area contributed by atoms with Gasteiger partial charge in [-0.15, -0.1) is 35.0 Å². The second kappa shape index (κ2) is 12.8. The lowest BCUT2D eigenvalue weighted by molar-refractivity contribution is 0.641. The summed E-state index contributed by atoms with van der Waals surface area (Å²) >= 11 is 0. The van der Waals surface area contributed by atoms with Crippen LogP contribution in [0.5, 0.6) is 0 Å². The van der Waals surface area contributed by atoms with Gasteiger partial charge in [0, 0.05) is 60.1 Å². The summed E-state index contributed by atoms with van der Waals surface area (Å²) in [6.45, 7) is 9.02. The SMILES string of the molecule is CN1/C(=C\C=Nc2ccc(-n3nc4ccc(N=C/C=C5\N(C)c6ccccc6C5(C)C)cc4n3)cc2)C(C)(C)c2ccccc21.Cl.Cl. The Balaban J connectivity index is 0.00000217. The van der Waals surface area contributed by atoms with Gasteiger partial charge >= 0.3 is 0 Å². The van der Waals surface area contributed by atoms with Crippen LogP contribution < -0.4 is 9.80 Å². The molecule has 5 aromatic rings. The number of rotatable bonds is 5. The van der Waals surface area contributed by atoms with Gasteiger partial charge in [0.05, 0.1) is 17.1 Å². The molecule has 0 bridgehead atoms. The Labute approximate surface area is 288 Å². The monoisotopic (exact) mass is 663 g/mol.